The monoisotopic (exact) mass is 458 g/mol. The third kappa shape index (κ3) is 6.26. The third-order valence-electron chi connectivity index (χ3n) is 2.91. The van der Waals surface area contributed by atoms with E-state index in [1.807, 2.05) is 42.5 Å². The lowest BCUT2D eigenvalue weighted by Gasteiger charge is -2.13. The van der Waals surface area contributed by atoms with Crippen LogP contribution in [0.4, 0.5) is 0 Å². The van der Waals surface area contributed by atoms with E-state index in [4.69, 9.17) is 9.47 Å². The molecule has 0 aliphatic heterocycles. The molecule has 0 bridgehead atoms. The molecule has 1 amide bonds. The Bertz CT molecular complexity index is 722. The highest BCUT2D eigenvalue weighted by atomic mass is 127. The van der Waals surface area contributed by atoms with Crippen LogP contribution in [0.25, 0.3) is 6.08 Å². The largest absolute Gasteiger partial charge is 0.493 e. The minimum atomic E-state index is -0.515. The number of benzene rings is 1. The molecule has 0 atom stereocenters. The van der Waals surface area contributed by atoms with E-state index in [9.17, 15) is 14.9 Å². The van der Waals surface area contributed by atoms with Gasteiger partial charge in [0.15, 0.2) is 18.1 Å². The van der Waals surface area contributed by atoms with Crippen LogP contribution in [-0.2, 0) is 14.3 Å². The van der Waals surface area contributed by atoms with Gasteiger partial charge in [0.2, 0.25) is 0 Å². The Morgan fingerprint density at radius 1 is 1.36 bits per heavy atom. The van der Waals surface area contributed by atoms with Gasteiger partial charge in [0, 0.05) is 6.04 Å². The maximum Gasteiger partial charge on any atom is 0.343 e. The van der Waals surface area contributed by atoms with Crippen molar-refractivity contribution in [3.05, 3.63) is 26.8 Å². The van der Waals surface area contributed by atoms with Crippen LogP contribution in [0, 0.1) is 14.9 Å². The van der Waals surface area contributed by atoms with Gasteiger partial charge in [-0.05, 0) is 60.2 Å². The number of carbonyl (C=O) groups is 2. The van der Waals surface area contributed by atoms with Crippen molar-refractivity contribution in [1.29, 1.82) is 5.26 Å². The van der Waals surface area contributed by atoms with Gasteiger partial charge in [-0.2, -0.15) is 5.26 Å². The van der Waals surface area contributed by atoms with Crippen LogP contribution in [0.3, 0.4) is 0 Å². The van der Waals surface area contributed by atoms with Crippen molar-refractivity contribution in [2.45, 2.75) is 19.9 Å². The Morgan fingerprint density at radius 3 is 2.56 bits per heavy atom. The number of nitrogens with one attached hydrogen (secondary N) is 1. The van der Waals surface area contributed by atoms with E-state index in [1.54, 1.807) is 12.1 Å². The average Bonchev–Trinajstić information content (AvgIpc) is 2.56. The molecule has 1 aromatic carbocycles. The Hall–Kier alpha value is -2.28. The topological polar surface area (TPSA) is 97.7 Å². The summed E-state index contributed by atoms with van der Waals surface area (Å²) in [4.78, 5) is 23.2. The number of carbonyl (C=O) groups excluding carboxylic acids is 2. The first-order valence-electron chi connectivity index (χ1n) is 7.32. The molecule has 0 fully saturated rings. The second-order valence-electron chi connectivity index (χ2n) is 5.20. The number of ether oxygens (including phenoxy) is 3. The maximum absolute atomic E-state index is 12.0. The van der Waals surface area contributed by atoms with E-state index in [0.717, 1.165) is 0 Å². The molecule has 0 heterocycles. The molecule has 0 aliphatic rings. The van der Waals surface area contributed by atoms with Crippen molar-refractivity contribution < 1.29 is 23.8 Å². The van der Waals surface area contributed by atoms with E-state index >= 15 is 0 Å². The third-order valence-corrected chi connectivity index (χ3v) is 3.71. The number of rotatable bonds is 7. The average molecular weight is 458 g/mol. The molecule has 0 saturated heterocycles. The first kappa shape index (κ1) is 20.8. The van der Waals surface area contributed by atoms with Gasteiger partial charge in [-0.1, -0.05) is 0 Å². The number of methoxy groups -OCH3 is 2. The summed E-state index contributed by atoms with van der Waals surface area (Å²) in [6, 6.07) is 5.15. The standard InChI is InChI=1S/C17H19IN2O5/c1-10(2)20-17(22)12(8-19)5-11-6-13(18)16(14(7-11)23-3)25-9-15(21)24-4/h5-7,10H,9H2,1-4H3,(H,20,22)/b12-5-. The zero-order chi connectivity index (χ0) is 19.0. The summed E-state index contributed by atoms with van der Waals surface area (Å²) in [7, 11) is 2.73. The molecular formula is C17H19IN2O5. The van der Waals surface area contributed by atoms with Crippen molar-refractivity contribution in [3.63, 3.8) is 0 Å². The van der Waals surface area contributed by atoms with Crippen molar-refractivity contribution in [3.8, 4) is 17.6 Å². The summed E-state index contributed by atoms with van der Waals surface area (Å²) < 4.78 is 15.9. The quantitative estimate of drug-likeness (QED) is 0.292. The van der Waals surface area contributed by atoms with Crippen LogP contribution in [-0.4, -0.2) is 38.7 Å². The normalized spacial score (nSPS) is 10.8. The maximum atomic E-state index is 12.0. The minimum Gasteiger partial charge on any atom is -0.493 e. The lowest BCUT2D eigenvalue weighted by atomic mass is 10.1. The lowest BCUT2D eigenvalue weighted by molar-refractivity contribution is -0.143. The molecular weight excluding hydrogens is 439 g/mol. The number of halogens is 1. The van der Waals surface area contributed by atoms with Crippen LogP contribution in [0.5, 0.6) is 11.5 Å². The molecule has 0 aliphatic carbocycles. The highest BCUT2D eigenvalue weighted by Crippen LogP contribution is 2.34. The van der Waals surface area contributed by atoms with E-state index in [-0.39, 0.29) is 18.2 Å². The zero-order valence-electron chi connectivity index (χ0n) is 14.4. The summed E-state index contributed by atoms with van der Waals surface area (Å²) >= 11 is 2.02. The molecule has 8 heteroatoms. The first-order chi connectivity index (χ1) is 11.8. The number of hydrogen-bond donors (Lipinski definition) is 1. The molecule has 1 N–H and O–H groups in total. The van der Waals surface area contributed by atoms with Gasteiger partial charge in [-0.25, -0.2) is 4.79 Å². The van der Waals surface area contributed by atoms with Crippen LogP contribution in [0.1, 0.15) is 19.4 Å². The summed E-state index contributed by atoms with van der Waals surface area (Å²) in [5.74, 6) is -0.198. The van der Waals surface area contributed by atoms with Crippen LogP contribution < -0.4 is 14.8 Å². The highest BCUT2D eigenvalue weighted by molar-refractivity contribution is 14.1. The predicted octanol–water partition coefficient (Wildman–Crippen LogP) is 2.28. The predicted molar refractivity (Wildman–Crippen MR) is 100 cm³/mol. The van der Waals surface area contributed by atoms with E-state index in [0.29, 0.717) is 20.6 Å². The molecule has 7 nitrogen and oxygen atoms in total. The number of hydrogen-bond acceptors (Lipinski definition) is 6. The van der Waals surface area contributed by atoms with E-state index < -0.39 is 11.9 Å². The fourth-order valence-electron chi connectivity index (χ4n) is 1.81. The highest BCUT2D eigenvalue weighted by Gasteiger charge is 2.15. The van der Waals surface area contributed by atoms with Gasteiger partial charge in [0.1, 0.15) is 11.6 Å². The molecule has 0 aromatic heterocycles. The van der Waals surface area contributed by atoms with Gasteiger partial charge >= 0.3 is 5.97 Å². The molecule has 0 unspecified atom stereocenters. The summed E-state index contributed by atoms with van der Waals surface area (Å²) in [6.45, 7) is 3.37. The van der Waals surface area contributed by atoms with Crippen molar-refractivity contribution in [2.24, 2.45) is 0 Å². The van der Waals surface area contributed by atoms with Crippen LogP contribution in [0.15, 0.2) is 17.7 Å². The van der Waals surface area contributed by atoms with Crippen molar-refractivity contribution in [2.75, 3.05) is 20.8 Å². The van der Waals surface area contributed by atoms with Gasteiger partial charge in [-0.15, -0.1) is 0 Å². The lowest BCUT2D eigenvalue weighted by Crippen LogP contribution is -2.30. The summed E-state index contributed by atoms with van der Waals surface area (Å²) in [5.41, 5.74) is 0.580. The molecule has 0 radical (unpaired) electrons. The first-order valence-corrected chi connectivity index (χ1v) is 8.40. The Kier molecular flexibility index (Phi) is 8.21. The fraction of sp³-hybridized carbons (Fsp3) is 0.353. The second-order valence-corrected chi connectivity index (χ2v) is 6.36. The van der Waals surface area contributed by atoms with Crippen LogP contribution in [0.2, 0.25) is 0 Å². The number of amides is 1. The number of nitrogens with zero attached hydrogens (tertiary/aromatic N) is 1. The smallest absolute Gasteiger partial charge is 0.343 e. The Balaban J connectivity index is 3.16. The van der Waals surface area contributed by atoms with Crippen molar-refractivity contribution >= 4 is 40.5 Å². The summed E-state index contributed by atoms with van der Waals surface area (Å²) in [6.07, 6.45) is 1.46. The van der Waals surface area contributed by atoms with E-state index in [1.165, 1.54) is 20.3 Å². The molecule has 0 spiro atoms. The van der Waals surface area contributed by atoms with Crippen LogP contribution >= 0.6 is 22.6 Å². The number of nitriles is 1. The minimum absolute atomic E-state index is 0.0187. The molecule has 25 heavy (non-hydrogen) atoms. The Labute approximate surface area is 160 Å². The number of esters is 1. The molecule has 134 valence electrons. The van der Waals surface area contributed by atoms with E-state index in [2.05, 4.69) is 10.1 Å². The van der Waals surface area contributed by atoms with Gasteiger partial charge in [0.25, 0.3) is 5.91 Å². The second kappa shape index (κ2) is 9.88. The molecule has 1 aromatic rings. The fourth-order valence-corrected chi connectivity index (χ4v) is 2.59. The van der Waals surface area contributed by atoms with Gasteiger partial charge < -0.3 is 19.5 Å². The Morgan fingerprint density at radius 2 is 2.04 bits per heavy atom. The van der Waals surface area contributed by atoms with Crippen molar-refractivity contribution in [1.82, 2.24) is 5.32 Å². The van der Waals surface area contributed by atoms with Gasteiger partial charge in [0.05, 0.1) is 17.8 Å². The molecule has 0 saturated carbocycles. The summed E-state index contributed by atoms with van der Waals surface area (Å²) in [5, 5.41) is 11.9. The molecule has 1 rings (SSSR count). The van der Waals surface area contributed by atoms with Gasteiger partial charge in [-0.3, -0.25) is 4.79 Å². The SMILES string of the molecule is COC(=O)COc1c(I)cc(/C=C(/C#N)C(=O)NC(C)C)cc1OC. The zero-order valence-corrected chi connectivity index (χ0v) is 16.5.